The molecule has 1 aromatic heterocycles. The second-order valence-corrected chi connectivity index (χ2v) is 6.45. The molecular weight excluding hydrogens is 357 g/mol. The van der Waals surface area contributed by atoms with Crippen LogP contribution in [-0.4, -0.2) is 29.5 Å². The third-order valence-corrected chi connectivity index (χ3v) is 4.56. The van der Waals surface area contributed by atoms with Crippen molar-refractivity contribution in [1.29, 1.82) is 5.26 Å². The van der Waals surface area contributed by atoms with Gasteiger partial charge in [-0.2, -0.15) is 23.5 Å². The van der Waals surface area contributed by atoms with E-state index in [4.69, 9.17) is 10.00 Å². The van der Waals surface area contributed by atoms with Crippen LogP contribution in [0, 0.1) is 11.3 Å². The molecule has 27 heavy (non-hydrogen) atoms. The number of benzene rings is 1. The van der Waals surface area contributed by atoms with Gasteiger partial charge in [0, 0.05) is 12.5 Å². The minimum Gasteiger partial charge on any atom is -0.493 e. The van der Waals surface area contributed by atoms with Crippen LogP contribution in [0.1, 0.15) is 41.9 Å². The first kappa shape index (κ1) is 19.0. The molecule has 1 N–H and O–H groups in total. The topological polar surface area (TPSA) is 70.8 Å². The van der Waals surface area contributed by atoms with E-state index in [1.807, 2.05) is 12.1 Å². The molecule has 0 fully saturated rings. The second kappa shape index (κ2) is 8.25. The van der Waals surface area contributed by atoms with Crippen molar-refractivity contribution < 1.29 is 17.9 Å². The number of ether oxygens (including phenoxy) is 1. The molecule has 3 rings (SSSR count). The maximum absolute atomic E-state index is 12.2. The number of nitrogens with zero attached hydrogens (tertiary/aromatic N) is 3. The van der Waals surface area contributed by atoms with Crippen LogP contribution < -0.4 is 10.1 Å². The van der Waals surface area contributed by atoms with Gasteiger partial charge in [-0.05, 0) is 48.6 Å². The van der Waals surface area contributed by atoms with Crippen molar-refractivity contribution in [3.8, 4) is 11.8 Å². The van der Waals surface area contributed by atoms with Crippen LogP contribution in [-0.2, 0) is 6.42 Å². The fourth-order valence-corrected chi connectivity index (χ4v) is 3.25. The number of anilines is 1. The first-order valence-corrected chi connectivity index (χ1v) is 8.74. The van der Waals surface area contributed by atoms with Crippen molar-refractivity contribution in [3.05, 3.63) is 47.2 Å². The van der Waals surface area contributed by atoms with E-state index >= 15 is 0 Å². The Bertz CT molecular complexity index is 832. The van der Waals surface area contributed by atoms with Gasteiger partial charge in [0.2, 0.25) is 0 Å². The van der Waals surface area contributed by atoms with Crippen LogP contribution in [0.25, 0.3) is 0 Å². The van der Waals surface area contributed by atoms with Crippen molar-refractivity contribution >= 4 is 5.82 Å². The van der Waals surface area contributed by atoms with Crippen LogP contribution in [0.4, 0.5) is 19.0 Å². The second-order valence-electron chi connectivity index (χ2n) is 6.45. The van der Waals surface area contributed by atoms with Crippen molar-refractivity contribution in [2.24, 2.45) is 0 Å². The molecular formula is C19H19F3N4O. The molecule has 1 atom stereocenters. The number of rotatable bonds is 6. The Morgan fingerprint density at radius 3 is 2.93 bits per heavy atom. The molecule has 142 valence electrons. The van der Waals surface area contributed by atoms with Crippen molar-refractivity contribution in [2.75, 3.05) is 18.5 Å². The third kappa shape index (κ3) is 5.09. The summed E-state index contributed by atoms with van der Waals surface area (Å²) in [5.41, 5.74) is 2.69. The van der Waals surface area contributed by atoms with Gasteiger partial charge < -0.3 is 10.1 Å². The van der Waals surface area contributed by atoms with Crippen LogP contribution in [0.3, 0.4) is 0 Å². The average Bonchev–Trinajstić information content (AvgIpc) is 2.65. The number of aryl methyl sites for hydroxylation is 1. The summed E-state index contributed by atoms with van der Waals surface area (Å²) >= 11 is 0. The molecule has 0 spiro atoms. The van der Waals surface area contributed by atoms with E-state index < -0.39 is 12.6 Å². The highest BCUT2D eigenvalue weighted by Gasteiger charge is 2.27. The van der Waals surface area contributed by atoms with Gasteiger partial charge in [0.05, 0.1) is 24.8 Å². The summed E-state index contributed by atoms with van der Waals surface area (Å²) < 4.78 is 42.0. The van der Waals surface area contributed by atoms with E-state index in [1.54, 1.807) is 12.1 Å². The van der Waals surface area contributed by atoms with Gasteiger partial charge in [-0.1, -0.05) is 6.07 Å². The predicted octanol–water partition coefficient (Wildman–Crippen LogP) is 4.21. The van der Waals surface area contributed by atoms with E-state index in [-0.39, 0.29) is 12.5 Å². The fraction of sp³-hybridized carbons (Fsp3) is 0.421. The van der Waals surface area contributed by atoms with E-state index in [0.717, 1.165) is 30.4 Å². The lowest BCUT2D eigenvalue weighted by Gasteiger charge is -2.26. The lowest BCUT2D eigenvalue weighted by Crippen LogP contribution is -2.19. The summed E-state index contributed by atoms with van der Waals surface area (Å²) in [5.74, 6) is 1.15. The maximum atomic E-state index is 12.2. The number of alkyl halides is 3. The Hall–Kier alpha value is -2.82. The third-order valence-electron chi connectivity index (χ3n) is 4.56. The molecule has 1 heterocycles. The molecule has 2 aromatic rings. The van der Waals surface area contributed by atoms with Crippen molar-refractivity contribution in [1.82, 2.24) is 10.2 Å². The quantitative estimate of drug-likeness (QED) is 0.818. The standard InChI is InChI=1S/C19H19F3N4O/c20-19(21,22)7-9-27-16-4-5-17-13(10-16)2-1-3-15(17)12-24-18-14(11-23)6-8-25-26-18/h4-6,8,10,15H,1-3,7,9,12H2,(H,24,26). The van der Waals surface area contributed by atoms with Gasteiger partial charge >= 0.3 is 6.18 Å². The molecule has 0 saturated heterocycles. The summed E-state index contributed by atoms with van der Waals surface area (Å²) in [4.78, 5) is 0. The van der Waals surface area contributed by atoms with Gasteiger partial charge in [-0.15, -0.1) is 5.10 Å². The number of halogens is 3. The molecule has 1 aromatic carbocycles. The smallest absolute Gasteiger partial charge is 0.392 e. The van der Waals surface area contributed by atoms with Crippen LogP contribution in [0.2, 0.25) is 0 Å². The predicted molar refractivity (Wildman–Crippen MR) is 93.5 cm³/mol. The van der Waals surface area contributed by atoms with E-state index in [0.29, 0.717) is 23.7 Å². The highest BCUT2D eigenvalue weighted by molar-refractivity contribution is 5.50. The molecule has 1 unspecified atom stereocenters. The molecule has 8 heteroatoms. The van der Waals surface area contributed by atoms with Gasteiger partial charge in [0.25, 0.3) is 0 Å². The Labute approximate surface area is 155 Å². The minimum absolute atomic E-state index is 0.228. The highest BCUT2D eigenvalue weighted by atomic mass is 19.4. The molecule has 5 nitrogen and oxygen atoms in total. The monoisotopic (exact) mass is 376 g/mol. The Balaban J connectivity index is 1.65. The molecule has 0 radical (unpaired) electrons. The first-order valence-electron chi connectivity index (χ1n) is 8.74. The SMILES string of the molecule is N#Cc1ccnnc1NCC1CCCc2cc(OCCC(F)(F)F)ccc21. The van der Waals surface area contributed by atoms with E-state index in [1.165, 1.54) is 6.20 Å². The van der Waals surface area contributed by atoms with Gasteiger partial charge in [-0.25, -0.2) is 0 Å². The molecule has 0 aliphatic heterocycles. The molecule has 1 aliphatic carbocycles. The van der Waals surface area contributed by atoms with Crippen LogP contribution in [0.5, 0.6) is 5.75 Å². The number of nitrogens with one attached hydrogen (secondary N) is 1. The summed E-state index contributed by atoms with van der Waals surface area (Å²) in [5, 5.41) is 20.1. The van der Waals surface area contributed by atoms with Crippen molar-refractivity contribution in [2.45, 2.75) is 37.8 Å². The summed E-state index contributed by atoms with van der Waals surface area (Å²) in [6.45, 7) is 0.228. The number of fused-ring (bicyclic) bond motifs is 1. The summed E-state index contributed by atoms with van der Waals surface area (Å²) in [6.07, 6.45) is -0.867. The Morgan fingerprint density at radius 1 is 1.30 bits per heavy atom. The Kier molecular flexibility index (Phi) is 5.79. The fourth-order valence-electron chi connectivity index (χ4n) is 3.25. The average molecular weight is 376 g/mol. The summed E-state index contributed by atoms with van der Waals surface area (Å²) in [6, 6.07) is 9.16. The highest BCUT2D eigenvalue weighted by Crippen LogP contribution is 2.34. The normalized spacial score (nSPS) is 16.3. The zero-order chi connectivity index (χ0) is 19.3. The lowest BCUT2D eigenvalue weighted by molar-refractivity contribution is -0.139. The molecule has 0 saturated carbocycles. The lowest BCUT2D eigenvalue weighted by atomic mass is 9.82. The molecule has 1 aliphatic rings. The van der Waals surface area contributed by atoms with Gasteiger partial charge in [0.15, 0.2) is 5.82 Å². The number of aromatic nitrogens is 2. The van der Waals surface area contributed by atoms with Crippen LogP contribution in [0.15, 0.2) is 30.5 Å². The molecule has 0 bridgehead atoms. The number of hydrogen-bond acceptors (Lipinski definition) is 5. The number of hydrogen-bond donors (Lipinski definition) is 1. The minimum atomic E-state index is -4.21. The van der Waals surface area contributed by atoms with Gasteiger partial charge in [-0.3, -0.25) is 0 Å². The summed E-state index contributed by atoms with van der Waals surface area (Å²) in [7, 11) is 0. The van der Waals surface area contributed by atoms with E-state index in [9.17, 15) is 13.2 Å². The zero-order valence-corrected chi connectivity index (χ0v) is 14.6. The number of nitriles is 1. The maximum Gasteiger partial charge on any atom is 0.392 e. The zero-order valence-electron chi connectivity index (χ0n) is 14.6. The van der Waals surface area contributed by atoms with Crippen molar-refractivity contribution in [3.63, 3.8) is 0 Å². The first-order chi connectivity index (χ1) is 13.0. The van der Waals surface area contributed by atoms with Crippen LogP contribution >= 0.6 is 0 Å². The largest absolute Gasteiger partial charge is 0.493 e. The van der Waals surface area contributed by atoms with Gasteiger partial charge in [0.1, 0.15) is 11.8 Å². The van der Waals surface area contributed by atoms with E-state index in [2.05, 4.69) is 21.6 Å². The molecule has 0 amide bonds. The Morgan fingerprint density at radius 2 is 2.15 bits per heavy atom.